The van der Waals surface area contributed by atoms with Crippen molar-refractivity contribution in [3.05, 3.63) is 126 Å². The lowest BCUT2D eigenvalue weighted by atomic mass is 9.95. The van der Waals surface area contributed by atoms with Gasteiger partial charge < -0.3 is 10.1 Å². The van der Waals surface area contributed by atoms with Crippen LogP contribution in [0.1, 0.15) is 24.1 Å². The van der Waals surface area contributed by atoms with Crippen molar-refractivity contribution in [2.75, 3.05) is 12.4 Å². The number of ether oxygens (including phenoxy) is 1. The van der Waals surface area contributed by atoms with E-state index in [-0.39, 0.29) is 11.5 Å². The molecule has 1 aromatic heterocycles. The van der Waals surface area contributed by atoms with Crippen molar-refractivity contribution in [3.63, 3.8) is 0 Å². The molecule has 0 aliphatic carbocycles. The van der Waals surface area contributed by atoms with Crippen molar-refractivity contribution >= 4 is 40.6 Å². The SMILES string of the molecule is COc1cccc(/C=c2/sc3n(c2=O)C(c2ccc(Cl)cc2)C(C(=O)Nc2ccccc2)=C(C)N=3)c1. The third kappa shape index (κ3) is 4.63. The number of nitrogens with zero attached hydrogens (tertiary/aromatic N) is 2. The predicted molar refractivity (Wildman–Crippen MR) is 143 cm³/mol. The van der Waals surface area contributed by atoms with E-state index < -0.39 is 6.04 Å². The number of nitrogens with one attached hydrogen (secondary N) is 1. The molecule has 3 aromatic carbocycles. The average molecular weight is 516 g/mol. The molecule has 0 saturated heterocycles. The summed E-state index contributed by atoms with van der Waals surface area (Å²) in [4.78, 5) is 32.5. The second-order valence-corrected chi connectivity index (χ2v) is 9.68. The van der Waals surface area contributed by atoms with Crippen LogP contribution in [0.4, 0.5) is 5.69 Å². The smallest absolute Gasteiger partial charge is 0.271 e. The van der Waals surface area contributed by atoms with E-state index in [1.165, 1.54) is 11.3 Å². The molecule has 36 heavy (non-hydrogen) atoms. The number of aromatic nitrogens is 1. The lowest BCUT2D eigenvalue weighted by molar-refractivity contribution is -0.113. The number of halogens is 1. The van der Waals surface area contributed by atoms with Gasteiger partial charge in [0.25, 0.3) is 11.5 Å². The Kier molecular flexibility index (Phi) is 6.59. The summed E-state index contributed by atoms with van der Waals surface area (Å²) in [6, 6.07) is 23.2. The molecule has 1 unspecified atom stereocenters. The minimum atomic E-state index is -0.658. The van der Waals surface area contributed by atoms with E-state index in [0.29, 0.717) is 37.1 Å². The van der Waals surface area contributed by atoms with Gasteiger partial charge in [0, 0.05) is 10.7 Å². The highest BCUT2D eigenvalue weighted by atomic mass is 35.5. The Balaban J connectivity index is 1.67. The largest absolute Gasteiger partial charge is 0.497 e. The van der Waals surface area contributed by atoms with E-state index in [4.69, 9.17) is 16.3 Å². The molecule has 0 fully saturated rings. The highest BCUT2D eigenvalue weighted by Gasteiger charge is 2.32. The normalized spacial score (nSPS) is 15.3. The van der Waals surface area contributed by atoms with Gasteiger partial charge in [0.15, 0.2) is 4.80 Å². The first-order chi connectivity index (χ1) is 17.4. The van der Waals surface area contributed by atoms with Gasteiger partial charge in [-0.2, -0.15) is 0 Å². The van der Waals surface area contributed by atoms with E-state index in [1.807, 2.05) is 72.8 Å². The van der Waals surface area contributed by atoms with Gasteiger partial charge >= 0.3 is 0 Å². The first-order valence-corrected chi connectivity index (χ1v) is 12.4. The predicted octanol–water partition coefficient (Wildman–Crippen LogP) is 4.54. The Labute approximate surface area is 216 Å². The van der Waals surface area contributed by atoms with Crippen LogP contribution in [-0.2, 0) is 4.79 Å². The fraction of sp³-hybridized carbons (Fsp3) is 0.107. The first-order valence-electron chi connectivity index (χ1n) is 11.2. The number of amides is 1. The molecule has 0 bridgehead atoms. The number of carbonyl (C=O) groups is 1. The van der Waals surface area contributed by atoms with Crippen molar-refractivity contribution in [3.8, 4) is 5.75 Å². The zero-order valence-corrected chi connectivity index (χ0v) is 21.1. The number of benzene rings is 3. The van der Waals surface area contributed by atoms with Crippen LogP contribution >= 0.6 is 22.9 Å². The van der Waals surface area contributed by atoms with Gasteiger partial charge in [-0.05, 0) is 60.5 Å². The molecule has 0 saturated carbocycles. The fourth-order valence-electron chi connectivity index (χ4n) is 4.17. The molecular weight excluding hydrogens is 494 g/mol. The van der Waals surface area contributed by atoms with Gasteiger partial charge in [-0.1, -0.05) is 65.4 Å². The Hall–Kier alpha value is -3.94. The van der Waals surface area contributed by atoms with Crippen LogP contribution in [-0.4, -0.2) is 17.6 Å². The Morgan fingerprint density at radius 3 is 2.56 bits per heavy atom. The van der Waals surface area contributed by atoms with Crippen LogP contribution in [0.25, 0.3) is 6.08 Å². The molecule has 1 atom stereocenters. The molecule has 5 rings (SSSR count). The third-order valence-electron chi connectivity index (χ3n) is 5.88. The van der Waals surface area contributed by atoms with Crippen LogP contribution in [0.5, 0.6) is 5.75 Å². The number of methoxy groups -OCH3 is 1. The molecular formula is C28H22ClN3O3S. The number of hydrogen-bond donors (Lipinski definition) is 1. The maximum Gasteiger partial charge on any atom is 0.271 e. The monoisotopic (exact) mass is 515 g/mol. The molecule has 1 N–H and O–H groups in total. The van der Waals surface area contributed by atoms with Gasteiger partial charge in [-0.3, -0.25) is 14.2 Å². The molecule has 0 radical (unpaired) electrons. The van der Waals surface area contributed by atoms with Gasteiger partial charge in [-0.15, -0.1) is 0 Å². The number of fused-ring (bicyclic) bond motifs is 1. The van der Waals surface area contributed by atoms with Crippen LogP contribution < -0.4 is 24.9 Å². The van der Waals surface area contributed by atoms with Gasteiger partial charge in [0.1, 0.15) is 5.75 Å². The summed E-state index contributed by atoms with van der Waals surface area (Å²) in [6.45, 7) is 1.79. The number of anilines is 1. The molecule has 2 heterocycles. The van der Waals surface area contributed by atoms with Gasteiger partial charge in [-0.25, -0.2) is 4.99 Å². The second kappa shape index (κ2) is 9.97. The van der Waals surface area contributed by atoms with Crippen molar-refractivity contribution in [2.24, 2.45) is 4.99 Å². The summed E-state index contributed by atoms with van der Waals surface area (Å²) in [7, 11) is 1.60. The maximum atomic E-state index is 13.7. The van der Waals surface area contributed by atoms with Crippen LogP contribution in [0.15, 0.2) is 99.9 Å². The number of thiazole rings is 1. The molecule has 1 aliphatic rings. The Morgan fingerprint density at radius 2 is 1.83 bits per heavy atom. The van der Waals surface area contributed by atoms with E-state index >= 15 is 0 Å². The minimum Gasteiger partial charge on any atom is -0.497 e. The topological polar surface area (TPSA) is 72.7 Å². The number of carbonyl (C=O) groups excluding carboxylic acids is 1. The molecule has 4 aromatic rings. The summed E-state index contributed by atoms with van der Waals surface area (Å²) in [5.74, 6) is 0.385. The summed E-state index contributed by atoms with van der Waals surface area (Å²) in [6.07, 6.45) is 1.81. The standard InChI is InChI=1S/C28H22ClN3O3S/c1-17-24(26(33)31-21-8-4-3-5-9-21)25(19-11-13-20(29)14-12-19)32-27(34)23(36-28(32)30-17)16-18-7-6-10-22(15-18)35-2/h3-16,25H,1-2H3,(H,31,33)/b23-16+. The number of rotatable bonds is 5. The number of para-hydroxylation sites is 1. The van der Waals surface area contributed by atoms with Crippen molar-refractivity contribution in [1.29, 1.82) is 0 Å². The summed E-state index contributed by atoms with van der Waals surface area (Å²) in [5.41, 5.74) is 2.99. The fourth-order valence-corrected chi connectivity index (χ4v) is 5.35. The van der Waals surface area contributed by atoms with Crippen LogP contribution in [0, 0.1) is 0 Å². The average Bonchev–Trinajstić information content (AvgIpc) is 3.18. The highest BCUT2D eigenvalue weighted by Crippen LogP contribution is 2.31. The third-order valence-corrected chi connectivity index (χ3v) is 7.11. The minimum absolute atomic E-state index is 0.223. The summed E-state index contributed by atoms with van der Waals surface area (Å²) < 4.78 is 7.41. The van der Waals surface area contributed by atoms with Crippen LogP contribution in [0.3, 0.4) is 0 Å². The van der Waals surface area contributed by atoms with Crippen LogP contribution in [0.2, 0.25) is 5.02 Å². The Bertz CT molecular complexity index is 1650. The molecule has 0 spiro atoms. The quantitative estimate of drug-likeness (QED) is 0.424. The van der Waals surface area contributed by atoms with E-state index in [0.717, 1.165) is 11.1 Å². The molecule has 6 nitrogen and oxygen atoms in total. The summed E-state index contributed by atoms with van der Waals surface area (Å²) in [5, 5.41) is 3.52. The number of hydrogen-bond acceptors (Lipinski definition) is 5. The van der Waals surface area contributed by atoms with Crippen molar-refractivity contribution in [2.45, 2.75) is 13.0 Å². The molecule has 8 heteroatoms. The summed E-state index contributed by atoms with van der Waals surface area (Å²) >= 11 is 7.43. The van der Waals surface area contributed by atoms with Crippen molar-refractivity contribution < 1.29 is 9.53 Å². The highest BCUT2D eigenvalue weighted by molar-refractivity contribution is 7.07. The molecule has 180 valence electrons. The van der Waals surface area contributed by atoms with Crippen molar-refractivity contribution in [1.82, 2.24) is 4.57 Å². The second-order valence-electron chi connectivity index (χ2n) is 8.23. The zero-order chi connectivity index (χ0) is 25.2. The van der Waals surface area contributed by atoms with E-state index in [2.05, 4.69) is 10.3 Å². The zero-order valence-electron chi connectivity index (χ0n) is 19.6. The Morgan fingerprint density at radius 1 is 1.08 bits per heavy atom. The lowest BCUT2D eigenvalue weighted by Gasteiger charge is -2.25. The van der Waals surface area contributed by atoms with Gasteiger partial charge in [0.05, 0.1) is 29.0 Å². The van der Waals surface area contributed by atoms with E-state index in [9.17, 15) is 9.59 Å². The van der Waals surface area contributed by atoms with Gasteiger partial charge in [0.2, 0.25) is 0 Å². The lowest BCUT2D eigenvalue weighted by Crippen LogP contribution is -2.40. The first kappa shape index (κ1) is 23.8. The maximum absolute atomic E-state index is 13.7. The van der Waals surface area contributed by atoms with E-state index in [1.54, 1.807) is 30.7 Å². The molecule has 1 amide bonds. The molecule has 1 aliphatic heterocycles. The number of allylic oxidation sites excluding steroid dienone is 1.